The summed E-state index contributed by atoms with van der Waals surface area (Å²) in [4.78, 5) is 4.04. The van der Waals surface area contributed by atoms with Crippen LogP contribution in [0.2, 0.25) is 0 Å². The quantitative estimate of drug-likeness (QED) is 0.849. The molecule has 1 aromatic heterocycles. The van der Waals surface area contributed by atoms with Gasteiger partial charge in [0.25, 0.3) is 0 Å². The first kappa shape index (κ1) is 14.4. The molecule has 2 unspecified atom stereocenters. The average molecular weight is 275 g/mol. The second kappa shape index (κ2) is 6.43. The topological polar surface area (TPSA) is 59.3 Å². The number of phenolic OH excluding ortho intramolecular Hbond substituents is 1. The second-order valence-corrected chi connectivity index (χ2v) is 4.98. The molecular formula is C15H21N3O2. The lowest BCUT2D eigenvalue weighted by molar-refractivity contribution is 0.371. The molecule has 20 heavy (non-hydrogen) atoms. The molecule has 5 nitrogen and oxygen atoms in total. The van der Waals surface area contributed by atoms with Crippen LogP contribution in [0.15, 0.2) is 36.9 Å². The Bertz CT molecular complexity index is 540. The van der Waals surface area contributed by atoms with Gasteiger partial charge in [0.2, 0.25) is 0 Å². The van der Waals surface area contributed by atoms with Crippen molar-refractivity contribution in [2.75, 3.05) is 7.11 Å². The van der Waals surface area contributed by atoms with Gasteiger partial charge in [-0.2, -0.15) is 0 Å². The molecule has 2 aromatic rings. The molecule has 1 heterocycles. The number of rotatable bonds is 6. The summed E-state index contributed by atoms with van der Waals surface area (Å²) >= 11 is 0. The summed E-state index contributed by atoms with van der Waals surface area (Å²) in [7, 11) is 1.55. The number of phenols is 1. The van der Waals surface area contributed by atoms with E-state index >= 15 is 0 Å². The van der Waals surface area contributed by atoms with Gasteiger partial charge in [0.1, 0.15) is 0 Å². The van der Waals surface area contributed by atoms with Crippen LogP contribution in [0.25, 0.3) is 0 Å². The number of nitrogens with zero attached hydrogens (tertiary/aromatic N) is 2. The molecule has 1 aromatic carbocycles. The summed E-state index contributed by atoms with van der Waals surface area (Å²) in [6, 6.07) is 5.89. The molecule has 2 atom stereocenters. The highest BCUT2D eigenvalue weighted by Gasteiger charge is 2.12. The van der Waals surface area contributed by atoms with Crippen LogP contribution in [-0.2, 0) is 6.54 Å². The highest BCUT2D eigenvalue weighted by Crippen LogP contribution is 2.28. The zero-order valence-electron chi connectivity index (χ0n) is 12.1. The molecule has 2 N–H and O–H groups in total. The third-order valence-corrected chi connectivity index (χ3v) is 3.28. The van der Waals surface area contributed by atoms with Gasteiger partial charge in [0, 0.05) is 31.0 Å². The van der Waals surface area contributed by atoms with Gasteiger partial charge < -0.3 is 19.7 Å². The van der Waals surface area contributed by atoms with E-state index in [1.54, 1.807) is 19.4 Å². The van der Waals surface area contributed by atoms with Crippen LogP contribution in [-0.4, -0.2) is 27.8 Å². The van der Waals surface area contributed by atoms with Crippen molar-refractivity contribution in [2.45, 2.75) is 32.5 Å². The smallest absolute Gasteiger partial charge is 0.160 e. The van der Waals surface area contributed by atoms with E-state index in [0.717, 1.165) is 12.1 Å². The number of nitrogens with one attached hydrogen (secondary N) is 1. The van der Waals surface area contributed by atoms with Crippen molar-refractivity contribution in [3.8, 4) is 11.5 Å². The summed E-state index contributed by atoms with van der Waals surface area (Å²) in [5, 5.41) is 13.1. The minimum Gasteiger partial charge on any atom is -0.504 e. The van der Waals surface area contributed by atoms with Gasteiger partial charge in [-0.3, -0.25) is 0 Å². The lowest BCUT2D eigenvalue weighted by Crippen LogP contribution is -2.32. The minimum atomic E-state index is 0.162. The fraction of sp³-hybridized carbons (Fsp3) is 0.400. The van der Waals surface area contributed by atoms with Crippen LogP contribution in [0, 0.1) is 0 Å². The average Bonchev–Trinajstić information content (AvgIpc) is 2.91. The summed E-state index contributed by atoms with van der Waals surface area (Å²) in [5.74, 6) is 0.660. The third kappa shape index (κ3) is 3.51. The van der Waals surface area contributed by atoms with E-state index in [1.165, 1.54) is 0 Å². The summed E-state index contributed by atoms with van der Waals surface area (Å²) < 4.78 is 7.18. The van der Waals surface area contributed by atoms with Crippen molar-refractivity contribution in [2.24, 2.45) is 0 Å². The standard InChI is InChI=1S/C15H21N3O2/c1-11(9-18-7-6-16-10-18)17-12(2)13-4-5-14(19)15(8-13)20-3/h4-8,10-12,17,19H,9H2,1-3H3. The van der Waals surface area contributed by atoms with E-state index < -0.39 is 0 Å². The summed E-state index contributed by atoms with van der Waals surface area (Å²) in [6.07, 6.45) is 5.54. The van der Waals surface area contributed by atoms with Crippen LogP contribution in [0.1, 0.15) is 25.5 Å². The predicted octanol–water partition coefficient (Wildman–Crippen LogP) is 2.34. The Morgan fingerprint density at radius 3 is 2.85 bits per heavy atom. The van der Waals surface area contributed by atoms with Crippen LogP contribution in [0.3, 0.4) is 0 Å². The molecule has 0 aliphatic carbocycles. The largest absolute Gasteiger partial charge is 0.504 e. The number of imidazole rings is 1. The fourth-order valence-corrected chi connectivity index (χ4v) is 2.25. The van der Waals surface area contributed by atoms with Crippen LogP contribution >= 0.6 is 0 Å². The highest BCUT2D eigenvalue weighted by molar-refractivity contribution is 5.42. The Labute approximate surface area is 119 Å². The van der Waals surface area contributed by atoms with Gasteiger partial charge >= 0.3 is 0 Å². The molecule has 0 amide bonds. The maximum Gasteiger partial charge on any atom is 0.160 e. The molecule has 2 rings (SSSR count). The van der Waals surface area contributed by atoms with Crippen molar-refractivity contribution < 1.29 is 9.84 Å². The number of hydrogen-bond acceptors (Lipinski definition) is 4. The van der Waals surface area contributed by atoms with Gasteiger partial charge in [0.05, 0.1) is 13.4 Å². The van der Waals surface area contributed by atoms with Crippen LogP contribution in [0.4, 0.5) is 0 Å². The molecule has 0 radical (unpaired) electrons. The first-order valence-corrected chi connectivity index (χ1v) is 6.69. The van der Waals surface area contributed by atoms with Crippen molar-refractivity contribution in [3.05, 3.63) is 42.5 Å². The first-order valence-electron chi connectivity index (χ1n) is 6.69. The van der Waals surface area contributed by atoms with Crippen molar-refractivity contribution in [1.29, 1.82) is 0 Å². The SMILES string of the molecule is COc1cc(C(C)NC(C)Cn2ccnc2)ccc1O. The van der Waals surface area contributed by atoms with E-state index in [-0.39, 0.29) is 11.8 Å². The molecule has 0 aliphatic rings. The van der Waals surface area contributed by atoms with E-state index in [4.69, 9.17) is 4.74 Å². The van der Waals surface area contributed by atoms with Crippen LogP contribution < -0.4 is 10.1 Å². The fourth-order valence-electron chi connectivity index (χ4n) is 2.25. The second-order valence-electron chi connectivity index (χ2n) is 4.98. The first-order chi connectivity index (χ1) is 9.60. The van der Waals surface area contributed by atoms with Crippen molar-refractivity contribution >= 4 is 0 Å². The van der Waals surface area contributed by atoms with Crippen LogP contribution in [0.5, 0.6) is 11.5 Å². The van der Waals surface area contributed by atoms with E-state index in [1.807, 2.05) is 29.2 Å². The molecule has 5 heteroatoms. The number of ether oxygens (including phenoxy) is 1. The Hall–Kier alpha value is -2.01. The van der Waals surface area contributed by atoms with Crippen molar-refractivity contribution in [1.82, 2.24) is 14.9 Å². The molecule has 108 valence electrons. The molecule has 0 aliphatic heterocycles. The van der Waals surface area contributed by atoms with E-state index in [2.05, 4.69) is 24.1 Å². The number of aromatic hydroxyl groups is 1. The molecule has 0 spiro atoms. The Morgan fingerprint density at radius 2 is 2.20 bits per heavy atom. The van der Waals surface area contributed by atoms with E-state index in [0.29, 0.717) is 11.8 Å². The van der Waals surface area contributed by atoms with Gasteiger partial charge in [0.15, 0.2) is 11.5 Å². The Balaban J connectivity index is 1.98. The molecular weight excluding hydrogens is 254 g/mol. The maximum atomic E-state index is 9.61. The summed E-state index contributed by atoms with van der Waals surface area (Å²) in [5.41, 5.74) is 1.08. The molecule has 0 saturated carbocycles. The van der Waals surface area contributed by atoms with Gasteiger partial charge in [-0.05, 0) is 31.5 Å². The lowest BCUT2D eigenvalue weighted by atomic mass is 10.1. The lowest BCUT2D eigenvalue weighted by Gasteiger charge is -2.21. The zero-order chi connectivity index (χ0) is 14.5. The van der Waals surface area contributed by atoms with Gasteiger partial charge in [-0.15, -0.1) is 0 Å². The Kier molecular flexibility index (Phi) is 4.63. The third-order valence-electron chi connectivity index (χ3n) is 3.28. The number of methoxy groups -OCH3 is 1. The molecule has 0 bridgehead atoms. The number of aromatic nitrogens is 2. The zero-order valence-corrected chi connectivity index (χ0v) is 12.1. The monoisotopic (exact) mass is 275 g/mol. The van der Waals surface area contributed by atoms with Crippen molar-refractivity contribution in [3.63, 3.8) is 0 Å². The van der Waals surface area contributed by atoms with Gasteiger partial charge in [-0.25, -0.2) is 4.98 Å². The summed E-state index contributed by atoms with van der Waals surface area (Å²) in [6.45, 7) is 5.09. The maximum absolute atomic E-state index is 9.61. The number of benzene rings is 1. The minimum absolute atomic E-state index is 0.162. The number of hydrogen-bond donors (Lipinski definition) is 2. The Morgan fingerprint density at radius 1 is 1.40 bits per heavy atom. The molecule has 0 saturated heterocycles. The highest BCUT2D eigenvalue weighted by atomic mass is 16.5. The predicted molar refractivity (Wildman–Crippen MR) is 77.9 cm³/mol. The van der Waals surface area contributed by atoms with Gasteiger partial charge in [-0.1, -0.05) is 6.07 Å². The van der Waals surface area contributed by atoms with E-state index in [9.17, 15) is 5.11 Å². The normalized spacial score (nSPS) is 13.9. The molecule has 0 fully saturated rings.